The summed E-state index contributed by atoms with van der Waals surface area (Å²) in [4.78, 5) is 10.3. The predicted molar refractivity (Wildman–Crippen MR) is 55.7 cm³/mol. The third-order valence-corrected chi connectivity index (χ3v) is 3.80. The van der Waals surface area contributed by atoms with Gasteiger partial charge in [-0.3, -0.25) is 4.79 Å². The van der Waals surface area contributed by atoms with Crippen LogP contribution in [0.1, 0.15) is 12.0 Å². The first kappa shape index (κ1) is 10.2. The van der Waals surface area contributed by atoms with Crippen molar-refractivity contribution in [3.05, 3.63) is 19.2 Å². The fourth-order valence-corrected chi connectivity index (χ4v) is 3.70. The second-order valence-electron chi connectivity index (χ2n) is 2.24. The Bertz CT molecular complexity index is 296. The number of carboxylic acids is 1. The molecule has 0 atom stereocenters. The van der Waals surface area contributed by atoms with Crippen molar-refractivity contribution >= 4 is 49.2 Å². The largest absolute Gasteiger partial charge is 0.481 e. The van der Waals surface area contributed by atoms with Gasteiger partial charge in [0.05, 0.1) is 7.57 Å². The lowest BCUT2D eigenvalue weighted by molar-refractivity contribution is -0.136. The molecule has 0 unspecified atom stereocenters. The Balaban J connectivity index is 2.62. The number of hydrogen-bond donors (Lipinski definition) is 1. The van der Waals surface area contributed by atoms with Crippen LogP contribution in [0.15, 0.2) is 13.6 Å². The summed E-state index contributed by atoms with van der Waals surface area (Å²) in [6.07, 6.45) is 0.764. The molecule has 0 aromatic carbocycles. The van der Waals surface area contributed by atoms with Crippen molar-refractivity contribution in [2.24, 2.45) is 0 Å². The fraction of sp³-hybridized carbons (Fsp3) is 0.286. The number of carbonyl (C=O) groups is 1. The van der Waals surface area contributed by atoms with E-state index < -0.39 is 5.97 Å². The standard InChI is InChI=1S/C7H6Br2O2S/c8-5-3-4(7(9)12-5)1-2-6(10)11/h3H,1-2H2,(H,10,11). The molecule has 12 heavy (non-hydrogen) atoms. The van der Waals surface area contributed by atoms with Crippen molar-refractivity contribution in [3.63, 3.8) is 0 Å². The van der Waals surface area contributed by atoms with E-state index in [-0.39, 0.29) is 6.42 Å². The summed E-state index contributed by atoms with van der Waals surface area (Å²) in [6, 6.07) is 1.94. The molecule has 5 heteroatoms. The van der Waals surface area contributed by atoms with E-state index in [0.717, 1.165) is 13.1 Å². The zero-order valence-electron chi connectivity index (χ0n) is 6.01. The van der Waals surface area contributed by atoms with Crippen LogP contribution in [0.2, 0.25) is 0 Å². The topological polar surface area (TPSA) is 37.3 Å². The molecule has 0 aliphatic heterocycles. The van der Waals surface area contributed by atoms with Crippen LogP contribution in [0, 0.1) is 0 Å². The maximum Gasteiger partial charge on any atom is 0.303 e. The van der Waals surface area contributed by atoms with Crippen LogP contribution in [-0.2, 0) is 11.2 Å². The van der Waals surface area contributed by atoms with Gasteiger partial charge in [-0.2, -0.15) is 0 Å². The van der Waals surface area contributed by atoms with E-state index >= 15 is 0 Å². The highest BCUT2D eigenvalue weighted by atomic mass is 79.9. The van der Waals surface area contributed by atoms with Gasteiger partial charge in [0.1, 0.15) is 0 Å². The van der Waals surface area contributed by atoms with E-state index in [0.29, 0.717) is 6.42 Å². The van der Waals surface area contributed by atoms with E-state index in [1.165, 1.54) is 0 Å². The summed E-state index contributed by atoms with van der Waals surface area (Å²) in [5.41, 5.74) is 1.05. The number of thiophene rings is 1. The van der Waals surface area contributed by atoms with Crippen molar-refractivity contribution in [2.75, 3.05) is 0 Å². The molecule has 0 aliphatic carbocycles. The quantitative estimate of drug-likeness (QED) is 0.929. The lowest BCUT2D eigenvalue weighted by atomic mass is 10.2. The molecule has 0 radical (unpaired) electrons. The lowest BCUT2D eigenvalue weighted by Gasteiger charge is -1.93. The van der Waals surface area contributed by atoms with Crippen molar-refractivity contribution in [2.45, 2.75) is 12.8 Å². The van der Waals surface area contributed by atoms with Gasteiger partial charge in [0.15, 0.2) is 0 Å². The maximum atomic E-state index is 10.3. The van der Waals surface area contributed by atoms with Crippen LogP contribution in [-0.4, -0.2) is 11.1 Å². The average molecular weight is 314 g/mol. The van der Waals surface area contributed by atoms with E-state index in [1.807, 2.05) is 6.07 Å². The zero-order valence-corrected chi connectivity index (χ0v) is 10.00. The fourth-order valence-electron chi connectivity index (χ4n) is 0.786. The minimum atomic E-state index is -0.760. The van der Waals surface area contributed by atoms with Crippen LogP contribution in [0.3, 0.4) is 0 Å². The highest BCUT2D eigenvalue weighted by Crippen LogP contribution is 2.32. The summed E-state index contributed by atoms with van der Waals surface area (Å²) >= 11 is 8.26. The molecule has 0 saturated carbocycles. The number of halogens is 2. The smallest absolute Gasteiger partial charge is 0.303 e. The number of rotatable bonds is 3. The van der Waals surface area contributed by atoms with Crippen molar-refractivity contribution in [1.29, 1.82) is 0 Å². The Hall–Kier alpha value is 0.130. The molecule has 66 valence electrons. The molecule has 0 spiro atoms. The third kappa shape index (κ3) is 2.88. The van der Waals surface area contributed by atoms with Gasteiger partial charge in [-0.05, 0) is 49.9 Å². The summed E-state index contributed by atoms with van der Waals surface area (Å²) in [5, 5.41) is 8.45. The summed E-state index contributed by atoms with van der Waals surface area (Å²) < 4.78 is 2.03. The zero-order chi connectivity index (χ0) is 9.14. The van der Waals surface area contributed by atoms with Crippen molar-refractivity contribution in [3.8, 4) is 0 Å². The van der Waals surface area contributed by atoms with Crippen LogP contribution in [0.4, 0.5) is 0 Å². The first-order valence-corrected chi connectivity index (χ1v) is 5.65. The molecule has 0 bridgehead atoms. The summed E-state index contributed by atoms with van der Waals surface area (Å²) in [7, 11) is 0. The van der Waals surface area contributed by atoms with Gasteiger partial charge in [-0.1, -0.05) is 0 Å². The van der Waals surface area contributed by atoms with Crippen LogP contribution in [0.25, 0.3) is 0 Å². The van der Waals surface area contributed by atoms with Gasteiger partial charge in [0.25, 0.3) is 0 Å². The predicted octanol–water partition coefficient (Wildman–Crippen LogP) is 3.29. The molecular formula is C7H6Br2O2S. The Kier molecular flexibility index (Phi) is 3.74. The lowest BCUT2D eigenvalue weighted by Crippen LogP contribution is -1.96. The molecule has 0 amide bonds. The molecule has 1 aromatic heterocycles. The number of carboxylic acid groups (broad SMARTS) is 1. The van der Waals surface area contributed by atoms with Gasteiger partial charge < -0.3 is 5.11 Å². The van der Waals surface area contributed by atoms with E-state index in [1.54, 1.807) is 11.3 Å². The second kappa shape index (κ2) is 4.39. The van der Waals surface area contributed by atoms with Gasteiger partial charge in [0, 0.05) is 6.42 Å². The normalized spacial score (nSPS) is 10.2. The molecule has 1 N–H and O–H groups in total. The Morgan fingerprint density at radius 3 is 2.67 bits per heavy atom. The van der Waals surface area contributed by atoms with Crippen LogP contribution >= 0.6 is 43.2 Å². The monoisotopic (exact) mass is 312 g/mol. The first-order chi connectivity index (χ1) is 5.59. The van der Waals surface area contributed by atoms with E-state index in [2.05, 4.69) is 31.9 Å². The molecule has 1 rings (SSSR count). The minimum absolute atomic E-state index is 0.182. The molecule has 0 aliphatic rings. The molecule has 0 saturated heterocycles. The van der Waals surface area contributed by atoms with Gasteiger partial charge >= 0.3 is 5.97 Å². The molecule has 2 nitrogen and oxygen atoms in total. The van der Waals surface area contributed by atoms with Crippen LogP contribution in [0.5, 0.6) is 0 Å². The SMILES string of the molecule is O=C(O)CCc1cc(Br)sc1Br. The molecule has 1 aromatic rings. The first-order valence-electron chi connectivity index (χ1n) is 3.25. The summed E-state index contributed by atoms with van der Waals surface area (Å²) in [5.74, 6) is -0.760. The highest BCUT2D eigenvalue weighted by Gasteiger charge is 2.06. The van der Waals surface area contributed by atoms with Crippen LogP contribution < -0.4 is 0 Å². The highest BCUT2D eigenvalue weighted by molar-refractivity contribution is 9.12. The molecular weight excluding hydrogens is 308 g/mol. The molecule has 0 fully saturated rings. The number of hydrogen-bond acceptors (Lipinski definition) is 2. The molecule has 1 heterocycles. The van der Waals surface area contributed by atoms with E-state index in [4.69, 9.17) is 5.11 Å². The van der Waals surface area contributed by atoms with E-state index in [9.17, 15) is 4.79 Å². The van der Waals surface area contributed by atoms with Crippen molar-refractivity contribution < 1.29 is 9.90 Å². The Labute approximate surface area is 90.9 Å². The summed E-state index contributed by atoms with van der Waals surface area (Å²) in [6.45, 7) is 0. The van der Waals surface area contributed by atoms with Crippen molar-refractivity contribution in [1.82, 2.24) is 0 Å². The second-order valence-corrected chi connectivity index (χ2v) is 5.99. The Morgan fingerprint density at radius 2 is 2.25 bits per heavy atom. The number of aliphatic carboxylic acids is 1. The Morgan fingerprint density at radius 1 is 1.58 bits per heavy atom. The number of aryl methyl sites for hydroxylation is 1. The van der Waals surface area contributed by atoms with Gasteiger partial charge in [-0.15, -0.1) is 11.3 Å². The maximum absolute atomic E-state index is 10.3. The minimum Gasteiger partial charge on any atom is -0.481 e. The van der Waals surface area contributed by atoms with Gasteiger partial charge in [0.2, 0.25) is 0 Å². The average Bonchev–Trinajstić information content (AvgIpc) is 2.26. The third-order valence-electron chi connectivity index (χ3n) is 1.34. The van der Waals surface area contributed by atoms with Gasteiger partial charge in [-0.25, -0.2) is 0 Å².